The van der Waals surface area contributed by atoms with Crippen molar-refractivity contribution in [2.24, 2.45) is 0 Å². The van der Waals surface area contributed by atoms with Crippen LogP contribution in [0.25, 0.3) is 0 Å². The minimum atomic E-state index is 0.217. The van der Waals surface area contributed by atoms with Crippen molar-refractivity contribution in [3.05, 3.63) is 24.3 Å². The lowest BCUT2D eigenvalue weighted by Crippen LogP contribution is -2.52. The van der Waals surface area contributed by atoms with E-state index in [0.717, 1.165) is 30.3 Å². The molecular weight excluding hydrogens is 260 g/mol. The summed E-state index contributed by atoms with van der Waals surface area (Å²) in [4.78, 5) is 15.2. The average molecular weight is 280 g/mol. The molecule has 1 N–H and O–H groups in total. The number of piperazine rings is 1. The molecule has 0 unspecified atom stereocenters. The van der Waals surface area contributed by atoms with Gasteiger partial charge in [0.25, 0.3) is 0 Å². The van der Waals surface area contributed by atoms with Gasteiger partial charge in [-0.15, -0.1) is 11.8 Å². The Bertz CT molecular complexity index is 422. The highest BCUT2D eigenvalue weighted by molar-refractivity contribution is 8.00. The molecule has 1 fully saturated rings. The molecule has 1 saturated heterocycles. The van der Waals surface area contributed by atoms with Crippen LogP contribution in [0.1, 0.15) is 6.92 Å². The van der Waals surface area contributed by atoms with Crippen molar-refractivity contribution in [1.29, 1.82) is 0 Å². The number of nitrogens with one attached hydrogen (secondary N) is 1. The molecule has 1 heterocycles. The molecule has 0 aromatic heterocycles. The first kappa shape index (κ1) is 14.2. The molecule has 1 aromatic carbocycles. The molecule has 0 bridgehead atoms. The van der Waals surface area contributed by atoms with Crippen LogP contribution >= 0.6 is 11.8 Å². The van der Waals surface area contributed by atoms with E-state index in [2.05, 4.69) is 12.2 Å². The predicted octanol–water partition coefficient (Wildman–Crippen LogP) is 1.61. The van der Waals surface area contributed by atoms with Gasteiger partial charge in [-0.3, -0.25) is 4.79 Å². The Balaban J connectivity index is 1.85. The number of benzene rings is 1. The first-order valence-electron chi connectivity index (χ1n) is 6.47. The van der Waals surface area contributed by atoms with Crippen LogP contribution < -0.4 is 10.1 Å². The summed E-state index contributed by atoms with van der Waals surface area (Å²) in [6.07, 6.45) is 0. The van der Waals surface area contributed by atoms with Gasteiger partial charge in [0.2, 0.25) is 5.91 Å². The van der Waals surface area contributed by atoms with Gasteiger partial charge < -0.3 is 15.0 Å². The van der Waals surface area contributed by atoms with Gasteiger partial charge >= 0.3 is 0 Å². The van der Waals surface area contributed by atoms with Crippen LogP contribution in [0.5, 0.6) is 5.75 Å². The molecule has 0 saturated carbocycles. The Morgan fingerprint density at radius 3 is 2.84 bits per heavy atom. The van der Waals surface area contributed by atoms with Gasteiger partial charge in [0.15, 0.2) is 0 Å². The molecule has 0 radical (unpaired) electrons. The molecule has 0 aliphatic carbocycles. The molecule has 1 aliphatic heterocycles. The normalized spacial score (nSPS) is 19.3. The summed E-state index contributed by atoms with van der Waals surface area (Å²) in [5.74, 6) is 1.55. The number of amides is 1. The van der Waals surface area contributed by atoms with E-state index in [1.54, 1.807) is 18.9 Å². The minimum absolute atomic E-state index is 0.217. The van der Waals surface area contributed by atoms with Gasteiger partial charge in [-0.1, -0.05) is 0 Å². The molecule has 5 heteroatoms. The molecule has 1 atom stereocenters. The summed E-state index contributed by atoms with van der Waals surface area (Å²) >= 11 is 1.58. The third-order valence-corrected chi connectivity index (χ3v) is 4.24. The zero-order chi connectivity index (χ0) is 13.7. The van der Waals surface area contributed by atoms with Crippen LogP contribution in [0, 0.1) is 0 Å². The van der Waals surface area contributed by atoms with Crippen LogP contribution in [0.3, 0.4) is 0 Å². The van der Waals surface area contributed by atoms with Gasteiger partial charge in [0, 0.05) is 30.6 Å². The zero-order valence-electron chi connectivity index (χ0n) is 11.4. The number of methoxy groups -OCH3 is 1. The number of hydrogen-bond donors (Lipinski definition) is 1. The topological polar surface area (TPSA) is 41.6 Å². The average Bonchev–Trinajstić information content (AvgIpc) is 2.46. The number of hydrogen-bond acceptors (Lipinski definition) is 4. The predicted molar refractivity (Wildman–Crippen MR) is 77.8 cm³/mol. The molecule has 4 nitrogen and oxygen atoms in total. The second-order valence-corrected chi connectivity index (χ2v) is 5.65. The minimum Gasteiger partial charge on any atom is -0.497 e. The summed E-state index contributed by atoms with van der Waals surface area (Å²) in [6.45, 7) is 4.67. The maximum Gasteiger partial charge on any atom is 0.233 e. The van der Waals surface area contributed by atoms with Gasteiger partial charge in [-0.2, -0.15) is 0 Å². The highest BCUT2D eigenvalue weighted by Gasteiger charge is 2.22. The maximum atomic E-state index is 12.2. The summed E-state index contributed by atoms with van der Waals surface area (Å²) in [5.41, 5.74) is 0. The molecule has 1 amide bonds. The van der Waals surface area contributed by atoms with Gasteiger partial charge in [0.05, 0.1) is 12.9 Å². The third-order valence-electron chi connectivity index (χ3n) is 3.24. The Morgan fingerprint density at radius 1 is 1.47 bits per heavy atom. The lowest BCUT2D eigenvalue weighted by molar-refractivity contribution is -0.131. The molecular formula is C14H20N2O2S. The zero-order valence-corrected chi connectivity index (χ0v) is 12.2. The van der Waals surface area contributed by atoms with E-state index in [4.69, 9.17) is 4.74 Å². The number of thioether (sulfide) groups is 1. The molecule has 104 valence electrons. The molecule has 1 aliphatic rings. The van der Waals surface area contributed by atoms with Crippen molar-refractivity contribution >= 4 is 17.7 Å². The van der Waals surface area contributed by atoms with Crippen LogP contribution in [0.15, 0.2) is 29.2 Å². The first-order chi connectivity index (χ1) is 9.20. The van der Waals surface area contributed by atoms with E-state index < -0.39 is 0 Å². The van der Waals surface area contributed by atoms with Crippen molar-refractivity contribution in [2.45, 2.75) is 17.9 Å². The van der Waals surface area contributed by atoms with Crippen molar-refractivity contribution in [2.75, 3.05) is 32.5 Å². The number of ether oxygens (including phenoxy) is 1. The summed E-state index contributed by atoms with van der Waals surface area (Å²) < 4.78 is 5.11. The fourth-order valence-electron chi connectivity index (χ4n) is 2.11. The smallest absolute Gasteiger partial charge is 0.233 e. The standard InChI is InChI=1S/C14H20N2O2S/c1-11-9-15-7-8-16(11)14(17)10-19-13-5-3-12(18-2)4-6-13/h3-6,11,15H,7-10H2,1-2H3/t11-/m0/s1. The van der Waals surface area contributed by atoms with E-state index in [-0.39, 0.29) is 11.9 Å². The number of carbonyl (C=O) groups excluding carboxylic acids is 1. The lowest BCUT2D eigenvalue weighted by atomic mass is 10.2. The second-order valence-electron chi connectivity index (χ2n) is 4.60. The molecule has 0 spiro atoms. The van der Waals surface area contributed by atoms with Crippen molar-refractivity contribution in [1.82, 2.24) is 10.2 Å². The summed E-state index contributed by atoms with van der Waals surface area (Å²) in [5, 5.41) is 3.29. The van der Waals surface area contributed by atoms with Crippen molar-refractivity contribution in [3.8, 4) is 5.75 Å². The van der Waals surface area contributed by atoms with Crippen molar-refractivity contribution < 1.29 is 9.53 Å². The van der Waals surface area contributed by atoms with E-state index in [9.17, 15) is 4.79 Å². The van der Waals surface area contributed by atoms with Gasteiger partial charge in [0.1, 0.15) is 5.75 Å². The second kappa shape index (κ2) is 6.82. The quantitative estimate of drug-likeness (QED) is 0.851. The SMILES string of the molecule is COc1ccc(SCC(=O)N2CCNC[C@@H]2C)cc1. The number of carbonyl (C=O) groups is 1. The van der Waals surface area contributed by atoms with Gasteiger partial charge in [-0.25, -0.2) is 0 Å². The Morgan fingerprint density at radius 2 is 2.21 bits per heavy atom. The Kier molecular flexibility index (Phi) is 5.10. The first-order valence-corrected chi connectivity index (χ1v) is 7.46. The van der Waals surface area contributed by atoms with E-state index in [1.807, 2.05) is 29.2 Å². The Hall–Kier alpha value is -1.20. The number of nitrogens with zero attached hydrogens (tertiary/aromatic N) is 1. The fourth-order valence-corrected chi connectivity index (χ4v) is 2.90. The van der Waals surface area contributed by atoms with Crippen LogP contribution in [0.4, 0.5) is 0 Å². The molecule has 2 rings (SSSR count). The molecule has 19 heavy (non-hydrogen) atoms. The fraction of sp³-hybridized carbons (Fsp3) is 0.500. The van der Waals surface area contributed by atoms with Gasteiger partial charge in [-0.05, 0) is 31.2 Å². The number of rotatable bonds is 4. The molecule has 1 aromatic rings. The van der Waals surface area contributed by atoms with Crippen LogP contribution in [0.2, 0.25) is 0 Å². The maximum absolute atomic E-state index is 12.2. The summed E-state index contributed by atoms with van der Waals surface area (Å²) in [7, 11) is 1.65. The Labute approximate surface area is 118 Å². The summed E-state index contributed by atoms with van der Waals surface area (Å²) in [6, 6.07) is 8.09. The largest absolute Gasteiger partial charge is 0.497 e. The van der Waals surface area contributed by atoms with E-state index >= 15 is 0 Å². The van der Waals surface area contributed by atoms with E-state index in [0.29, 0.717) is 5.75 Å². The third kappa shape index (κ3) is 3.88. The highest BCUT2D eigenvalue weighted by atomic mass is 32.2. The van der Waals surface area contributed by atoms with E-state index in [1.165, 1.54) is 0 Å². The highest BCUT2D eigenvalue weighted by Crippen LogP contribution is 2.22. The monoisotopic (exact) mass is 280 g/mol. The van der Waals surface area contributed by atoms with Crippen molar-refractivity contribution in [3.63, 3.8) is 0 Å². The van der Waals surface area contributed by atoms with Crippen LogP contribution in [-0.2, 0) is 4.79 Å². The lowest BCUT2D eigenvalue weighted by Gasteiger charge is -2.33. The van der Waals surface area contributed by atoms with Crippen LogP contribution in [-0.4, -0.2) is 49.3 Å².